The highest BCUT2D eigenvalue weighted by atomic mass is 16.3. The van der Waals surface area contributed by atoms with Gasteiger partial charge in [0.2, 0.25) is 11.8 Å². The Kier molecular flexibility index (Phi) is 8.20. The van der Waals surface area contributed by atoms with Crippen LogP contribution in [-0.4, -0.2) is 26.8 Å². The number of unbranched alkanes of at least 4 members (excludes halogenated alkanes) is 3. The molecule has 150 valence electrons. The minimum absolute atomic E-state index is 0.182. The SMILES string of the molecule is CCCCCCC(=O)NN=Cc1c(O)n(CCc2ccccc2)c(=O)[nH]c1=O. The van der Waals surface area contributed by atoms with Crippen molar-refractivity contribution in [2.45, 2.75) is 52.0 Å². The van der Waals surface area contributed by atoms with Gasteiger partial charge in [-0.05, 0) is 18.4 Å². The quantitative estimate of drug-likeness (QED) is 0.328. The lowest BCUT2D eigenvalue weighted by Crippen LogP contribution is -2.33. The lowest BCUT2D eigenvalue weighted by atomic mass is 10.1. The number of amides is 1. The zero-order chi connectivity index (χ0) is 20.4. The van der Waals surface area contributed by atoms with Crippen molar-refractivity contribution < 1.29 is 9.90 Å². The van der Waals surface area contributed by atoms with Crippen LogP contribution in [0.25, 0.3) is 0 Å². The lowest BCUT2D eigenvalue weighted by molar-refractivity contribution is -0.121. The first-order chi connectivity index (χ1) is 13.5. The van der Waals surface area contributed by atoms with Gasteiger partial charge in [0.1, 0.15) is 5.56 Å². The fraction of sp³-hybridized carbons (Fsp3) is 0.400. The molecule has 0 fully saturated rings. The number of H-pyrrole nitrogens is 1. The van der Waals surface area contributed by atoms with Crippen LogP contribution in [-0.2, 0) is 17.8 Å². The van der Waals surface area contributed by atoms with Crippen LogP contribution in [0.3, 0.4) is 0 Å². The van der Waals surface area contributed by atoms with Gasteiger partial charge in [-0.25, -0.2) is 10.2 Å². The number of carbonyl (C=O) groups excluding carboxylic acids is 1. The average Bonchev–Trinajstić information content (AvgIpc) is 2.68. The maximum Gasteiger partial charge on any atom is 0.331 e. The Hall–Kier alpha value is -3.16. The number of aromatic hydroxyl groups is 1. The van der Waals surface area contributed by atoms with Gasteiger partial charge in [-0.2, -0.15) is 5.10 Å². The highest BCUT2D eigenvalue weighted by molar-refractivity contribution is 5.83. The molecule has 1 amide bonds. The van der Waals surface area contributed by atoms with Crippen molar-refractivity contribution in [1.82, 2.24) is 15.0 Å². The second-order valence-electron chi connectivity index (χ2n) is 6.49. The predicted molar refractivity (Wildman–Crippen MR) is 108 cm³/mol. The molecule has 1 aromatic carbocycles. The molecule has 0 saturated heterocycles. The summed E-state index contributed by atoms with van der Waals surface area (Å²) in [4.78, 5) is 37.9. The molecule has 2 rings (SSSR count). The monoisotopic (exact) mass is 386 g/mol. The van der Waals surface area contributed by atoms with Gasteiger partial charge in [0, 0.05) is 13.0 Å². The van der Waals surface area contributed by atoms with Crippen molar-refractivity contribution in [2.75, 3.05) is 0 Å². The Bertz CT molecular complexity index is 916. The van der Waals surface area contributed by atoms with E-state index in [1.54, 1.807) is 0 Å². The van der Waals surface area contributed by atoms with E-state index in [2.05, 4.69) is 22.4 Å². The third-order valence-corrected chi connectivity index (χ3v) is 4.31. The maximum absolute atomic E-state index is 12.0. The number of rotatable bonds is 10. The van der Waals surface area contributed by atoms with Crippen molar-refractivity contribution in [2.24, 2.45) is 5.10 Å². The molecule has 0 bridgehead atoms. The molecule has 0 atom stereocenters. The summed E-state index contributed by atoms with van der Waals surface area (Å²) in [6.45, 7) is 2.28. The first kappa shape index (κ1) is 21.1. The van der Waals surface area contributed by atoms with E-state index in [9.17, 15) is 19.5 Å². The van der Waals surface area contributed by atoms with E-state index in [1.165, 1.54) is 0 Å². The fourth-order valence-corrected chi connectivity index (χ4v) is 2.72. The first-order valence-corrected chi connectivity index (χ1v) is 9.44. The Morgan fingerprint density at radius 3 is 2.68 bits per heavy atom. The predicted octanol–water partition coefficient (Wildman–Crippen LogP) is 1.91. The third-order valence-electron chi connectivity index (χ3n) is 4.31. The summed E-state index contributed by atoms with van der Waals surface area (Å²) < 4.78 is 1.07. The number of hydrogen-bond donors (Lipinski definition) is 3. The summed E-state index contributed by atoms with van der Waals surface area (Å²) in [5, 5.41) is 14.1. The van der Waals surface area contributed by atoms with Crippen LogP contribution in [0.5, 0.6) is 5.88 Å². The molecule has 0 spiro atoms. The number of aryl methyl sites for hydroxylation is 1. The molecule has 3 N–H and O–H groups in total. The number of aromatic amines is 1. The zero-order valence-corrected chi connectivity index (χ0v) is 16.0. The van der Waals surface area contributed by atoms with Gasteiger partial charge in [0.25, 0.3) is 5.56 Å². The molecule has 0 unspecified atom stereocenters. The van der Waals surface area contributed by atoms with E-state index < -0.39 is 17.1 Å². The number of hydrazone groups is 1. The van der Waals surface area contributed by atoms with Gasteiger partial charge in [0.15, 0.2) is 0 Å². The topological polar surface area (TPSA) is 117 Å². The van der Waals surface area contributed by atoms with Gasteiger partial charge in [0.05, 0.1) is 6.21 Å². The van der Waals surface area contributed by atoms with Crippen LogP contribution in [0, 0.1) is 0 Å². The average molecular weight is 386 g/mol. The van der Waals surface area contributed by atoms with Crippen LogP contribution >= 0.6 is 0 Å². The maximum atomic E-state index is 12.0. The second kappa shape index (κ2) is 10.9. The Morgan fingerprint density at radius 1 is 1.21 bits per heavy atom. The van der Waals surface area contributed by atoms with Crippen molar-refractivity contribution in [3.63, 3.8) is 0 Å². The Labute approximate surface area is 162 Å². The number of benzene rings is 1. The van der Waals surface area contributed by atoms with Crippen LogP contribution in [0.2, 0.25) is 0 Å². The molecular formula is C20H26N4O4. The lowest BCUT2D eigenvalue weighted by Gasteiger charge is -2.09. The highest BCUT2D eigenvalue weighted by Gasteiger charge is 2.12. The smallest absolute Gasteiger partial charge is 0.331 e. The molecule has 8 nitrogen and oxygen atoms in total. The second-order valence-corrected chi connectivity index (χ2v) is 6.49. The van der Waals surface area contributed by atoms with E-state index in [0.29, 0.717) is 12.8 Å². The molecule has 2 aromatic rings. The molecule has 0 saturated carbocycles. The van der Waals surface area contributed by atoms with E-state index in [1.807, 2.05) is 30.3 Å². The van der Waals surface area contributed by atoms with Gasteiger partial charge < -0.3 is 5.11 Å². The summed E-state index contributed by atoms with van der Waals surface area (Å²) in [5.41, 5.74) is 1.68. The van der Waals surface area contributed by atoms with E-state index in [4.69, 9.17) is 0 Å². The van der Waals surface area contributed by atoms with Crippen molar-refractivity contribution in [1.29, 1.82) is 0 Å². The van der Waals surface area contributed by atoms with Gasteiger partial charge in [-0.3, -0.25) is 19.1 Å². The molecule has 1 aromatic heterocycles. The van der Waals surface area contributed by atoms with E-state index in [0.717, 1.165) is 42.0 Å². The zero-order valence-electron chi connectivity index (χ0n) is 16.0. The van der Waals surface area contributed by atoms with Crippen LogP contribution < -0.4 is 16.7 Å². The number of nitrogens with one attached hydrogen (secondary N) is 2. The van der Waals surface area contributed by atoms with E-state index >= 15 is 0 Å². The van der Waals surface area contributed by atoms with E-state index in [-0.39, 0.29) is 18.0 Å². The number of nitrogens with zero attached hydrogens (tertiary/aromatic N) is 2. The Morgan fingerprint density at radius 2 is 1.96 bits per heavy atom. The first-order valence-electron chi connectivity index (χ1n) is 9.44. The van der Waals surface area contributed by atoms with Crippen molar-refractivity contribution in [3.05, 3.63) is 62.3 Å². The summed E-state index contributed by atoms with van der Waals surface area (Å²) in [6, 6.07) is 9.47. The number of carbonyl (C=O) groups is 1. The molecule has 1 heterocycles. The van der Waals surface area contributed by atoms with Crippen LogP contribution in [0.4, 0.5) is 0 Å². The largest absolute Gasteiger partial charge is 0.494 e. The molecule has 0 radical (unpaired) electrons. The van der Waals surface area contributed by atoms with Gasteiger partial charge in [-0.1, -0.05) is 56.5 Å². The summed E-state index contributed by atoms with van der Waals surface area (Å²) >= 11 is 0. The fourth-order valence-electron chi connectivity index (χ4n) is 2.72. The molecule has 0 aliphatic heterocycles. The van der Waals surface area contributed by atoms with Gasteiger partial charge in [-0.15, -0.1) is 0 Å². The summed E-state index contributed by atoms with van der Waals surface area (Å²) in [6.07, 6.45) is 5.80. The molecule has 0 aliphatic rings. The van der Waals surface area contributed by atoms with Crippen molar-refractivity contribution in [3.8, 4) is 5.88 Å². The third kappa shape index (κ3) is 6.22. The molecule has 0 aliphatic carbocycles. The highest BCUT2D eigenvalue weighted by Crippen LogP contribution is 2.09. The van der Waals surface area contributed by atoms with Crippen LogP contribution in [0.1, 0.15) is 50.2 Å². The number of hydrogen-bond acceptors (Lipinski definition) is 5. The number of aromatic nitrogens is 2. The van der Waals surface area contributed by atoms with Crippen LogP contribution in [0.15, 0.2) is 45.0 Å². The molecule has 8 heteroatoms. The summed E-state index contributed by atoms with van der Waals surface area (Å²) in [7, 11) is 0. The Balaban J connectivity index is 2.05. The normalized spacial score (nSPS) is 11.0. The minimum Gasteiger partial charge on any atom is -0.494 e. The molecule has 28 heavy (non-hydrogen) atoms. The minimum atomic E-state index is -0.764. The van der Waals surface area contributed by atoms with Gasteiger partial charge >= 0.3 is 5.69 Å². The van der Waals surface area contributed by atoms with Crippen molar-refractivity contribution >= 4 is 12.1 Å². The molecular weight excluding hydrogens is 360 g/mol. The summed E-state index contributed by atoms with van der Waals surface area (Å²) in [5.74, 6) is -0.744. The standard InChI is InChI=1S/C20H26N4O4/c1-2-3-4-8-11-17(25)23-21-14-16-18(26)22-20(28)24(19(16)27)13-12-15-9-6-5-7-10-15/h5-7,9-10,14,27H,2-4,8,11-13H2,1H3,(H,23,25)(H,22,26,28).